The first kappa shape index (κ1) is 13.9. The summed E-state index contributed by atoms with van der Waals surface area (Å²) >= 11 is 0. The SMILES string of the molecule is CCCNC(c1cnn(CCC)c1)c1occc1C. The molecular weight excluding hydrogens is 238 g/mol. The van der Waals surface area contributed by atoms with Crippen LogP contribution in [0.15, 0.2) is 29.1 Å². The highest BCUT2D eigenvalue weighted by atomic mass is 16.3. The van der Waals surface area contributed by atoms with Crippen molar-refractivity contribution >= 4 is 0 Å². The minimum Gasteiger partial charge on any atom is -0.467 e. The second kappa shape index (κ2) is 6.57. The van der Waals surface area contributed by atoms with Gasteiger partial charge in [0.1, 0.15) is 5.76 Å². The molecule has 2 heterocycles. The first-order chi connectivity index (χ1) is 9.26. The first-order valence-corrected chi connectivity index (χ1v) is 7.06. The Morgan fingerprint density at radius 2 is 2.21 bits per heavy atom. The Bertz CT molecular complexity index is 501. The number of aryl methyl sites for hydroxylation is 2. The maximum Gasteiger partial charge on any atom is 0.128 e. The lowest BCUT2D eigenvalue weighted by atomic mass is 10.1. The highest BCUT2D eigenvalue weighted by molar-refractivity contribution is 5.27. The molecule has 0 spiro atoms. The van der Waals surface area contributed by atoms with E-state index in [0.717, 1.165) is 31.7 Å². The van der Waals surface area contributed by atoms with Crippen LogP contribution < -0.4 is 5.32 Å². The monoisotopic (exact) mass is 261 g/mol. The van der Waals surface area contributed by atoms with Crippen LogP contribution in [0.5, 0.6) is 0 Å². The third kappa shape index (κ3) is 3.26. The fraction of sp³-hybridized carbons (Fsp3) is 0.533. The van der Waals surface area contributed by atoms with Gasteiger partial charge in [-0.15, -0.1) is 0 Å². The lowest BCUT2D eigenvalue weighted by molar-refractivity contribution is 0.443. The smallest absolute Gasteiger partial charge is 0.128 e. The quantitative estimate of drug-likeness (QED) is 0.831. The van der Waals surface area contributed by atoms with Crippen molar-refractivity contribution < 1.29 is 4.42 Å². The van der Waals surface area contributed by atoms with E-state index < -0.39 is 0 Å². The van der Waals surface area contributed by atoms with Crippen molar-refractivity contribution in [2.75, 3.05) is 6.54 Å². The van der Waals surface area contributed by atoms with Gasteiger partial charge in [0.25, 0.3) is 0 Å². The zero-order valence-corrected chi connectivity index (χ0v) is 12.0. The minimum atomic E-state index is 0.0977. The summed E-state index contributed by atoms with van der Waals surface area (Å²) in [5.41, 5.74) is 2.34. The Hall–Kier alpha value is -1.55. The summed E-state index contributed by atoms with van der Waals surface area (Å²) in [7, 11) is 0. The minimum absolute atomic E-state index is 0.0977. The molecule has 104 valence electrons. The van der Waals surface area contributed by atoms with Crippen LogP contribution >= 0.6 is 0 Å². The Labute approximate surface area is 114 Å². The number of aromatic nitrogens is 2. The van der Waals surface area contributed by atoms with Crippen LogP contribution in [0.1, 0.15) is 49.6 Å². The summed E-state index contributed by atoms with van der Waals surface area (Å²) in [6.45, 7) is 8.32. The summed E-state index contributed by atoms with van der Waals surface area (Å²) in [4.78, 5) is 0. The molecule has 0 saturated heterocycles. The lowest BCUT2D eigenvalue weighted by Crippen LogP contribution is -2.23. The standard InChI is InChI=1S/C15H23N3O/c1-4-7-16-14(15-12(3)6-9-19-15)13-10-17-18(11-13)8-5-2/h6,9-11,14,16H,4-5,7-8H2,1-3H3. The first-order valence-electron chi connectivity index (χ1n) is 7.06. The molecule has 0 fully saturated rings. The van der Waals surface area contributed by atoms with E-state index in [1.165, 1.54) is 11.1 Å². The van der Waals surface area contributed by atoms with Crippen molar-refractivity contribution in [2.45, 2.75) is 46.2 Å². The Morgan fingerprint density at radius 3 is 2.84 bits per heavy atom. The molecule has 1 atom stereocenters. The average Bonchev–Trinajstić information content (AvgIpc) is 3.01. The van der Waals surface area contributed by atoms with Crippen LogP contribution in [-0.2, 0) is 6.54 Å². The maximum atomic E-state index is 5.65. The molecule has 0 aliphatic carbocycles. The average molecular weight is 261 g/mol. The second-order valence-electron chi connectivity index (χ2n) is 4.89. The number of rotatable bonds is 7. The highest BCUT2D eigenvalue weighted by Crippen LogP contribution is 2.25. The van der Waals surface area contributed by atoms with E-state index in [9.17, 15) is 0 Å². The van der Waals surface area contributed by atoms with Gasteiger partial charge in [0.05, 0.1) is 18.5 Å². The van der Waals surface area contributed by atoms with Gasteiger partial charge in [-0.05, 0) is 37.9 Å². The van der Waals surface area contributed by atoms with Crippen molar-refractivity contribution in [3.05, 3.63) is 41.6 Å². The molecule has 19 heavy (non-hydrogen) atoms. The third-order valence-electron chi connectivity index (χ3n) is 3.20. The van der Waals surface area contributed by atoms with Crippen LogP contribution in [0.2, 0.25) is 0 Å². The summed E-state index contributed by atoms with van der Waals surface area (Å²) < 4.78 is 7.64. The van der Waals surface area contributed by atoms with E-state index in [0.29, 0.717) is 0 Å². The Balaban J connectivity index is 2.23. The van der Waals surface area contributed by atoms with Gasteiger partial charge in [0, 0.05) is 18.3 Å². The molecule has 2 aromatic heterocycles. The molecule has 0 aromatic carbocycles. The molecule has 4 heteroatoms. The number of nitrogens with zero attached hydrogens (tertiary/aromatic N) is 2. The summed E-state index contributed by atoms with van der Waals surface area (Å²) in [5, 5.41) is 7.95. The van der Waals surface area contributed by atoms with Gasteiger partial charge in [-0.2, -0.15) is 5.10 Å². The van der Waals surface area contributed by atoms with Gasteiger partial charge in [-0.1, -0.05) is 13.8 Å². The van der Waals surface area contributed by atoms with Crippen molar-refractivity contribution in [2.24, 2.45) is 0 Å². The highest BCUT2D eigenvalue weighted by Gasteiger charge is 2.20. The molecule has 0 radical (unpaired) electrons. The van der Waals surface area contributed by atoms with Gasteiger partial charge in [0.15, 0.2) is 0 Å². The Kier molecular flexibility index (Phi) is 4.80. The van der Waals surface area contributed by atoms with E-state index in [-0.39, 0.29) is 6.04 Å². The summed E-state index contributed by atoms with van der Waals surface area (Å²) in [6, 6.07) is 2.10. The van der Waals surface area contributed by atoms with Crippen LogP contribution in [0, 0.1) is 6.92 Å². The van der Waals surface area contributed by atoms with Gasteiger partial charge in [-0.25, -0.2) is 0 Å². The van der Waals surface area contributed by atoms with Crippen LogP contribution in [0.25, 0.3) is 0 Å². The molecule has 0 aliphatic rings. The molecule has 4 nitrogen and oxygen atoms in total. The molecule has 0 saturated carbocycles. The van der Waals surface area contributed by atoms with E-state index in [2.05, 4.69) is 37.4 Å². The van der Waals surface area contributed by atoms with Gasteiger partial charge >= 0.3 is 0 Å². The van der Waals surface area contributed by atoms with Crippen molar-refractivity contribution in [3.8, 4) is 0 Å². The van der Waals surface area contributed by atoms with Gasteiger partial charge in [-0.3, -0.25) is 4.68 Å². The molecule has 0 amide bonds. The van der Waals surface area contributed by atoms with Gasteiger partial charge < -0.3 is 9.73 Å². The molecule has 1 unspecified atom stereocenters. The van der Waals surface area contributed by atoms with Gasteiger partial charge in [0.2, 0.25) is 0 Å². The molecule has 2 rings (SSSR count). The zero-order chi connectivity index (χ0) is 13.7. The second-order valence-corrected chi connectivity index (χ2v) is 4.89. The van der Waals surface area contributed by atoms with E-state index in [1.54, 1.807) is 6.26 Å². The fourth-order valence-electron chi connectivity index (χ4n) is 2.21. The number of nitrogens with one attached hydrogen (secondary N) is 1. The van der Waals surface area contributed by atoms with Crippen molar-refractivity contribution in [1.82, 2.24) is 15.1 Å². The van der Waals surface area contributed by atoms with Crippen molar-refractivity contribution in [3.63, 3.8) is 0 Å². The molecular formula is C15H23N3O. The molecule has 0 aliphatic heterocycles. The summed E-state index contributed by atoms with van der Waals surface area (Å²) in [5.74, 6) is 0.990. The number of furan rings is 1. The molecule has 0 bridgehead atoms. The topological polar surface area (TPSA) is 43.0 Å². The molecule has 2 aromatic rings. The maximum absolute atomic E-state index is 5.65. The Morgan fingerprint density at radius 1 is 1.37 bits per heavy atom. The van der Waals surface area contributed by atoms with Crippen molar-refractivity contribution in [1.29, 1.82) is 0 Å². The lowest BCUT2D eigenvalue weighted by Gasteiger charge is -2.15. The van der Waals surface area contributed by atoms with Crippen LogP contribution in [0.4, 0.5) is 0 Å². The van der Waals surface area contributed by atoms with E-state index >= 15 is 0 Å². The summed E-state index contributed by atoms with van der Waals surface area (Å²) in [6.07, 6.45) is 7.98. The zero-order valence-electron chi connectivity index (χ0n) is 12.0. The van der Waals surface area contributed by atoms with Crippen LogP contribution in [-0.4, -0.2) is 16.3 Å². The third-order valence-corrected chi connectivity index (χ3v) is 3.20. The number of hydrogen-bond donors (Lipinski definition) is 1. The van der Waals surface area contributed by atoms with Crippen LogP contribution in [0.3, 0.4) is 0 Å². The largest absolute Gasteiger partial charge is 0.467 e. The van der Waals surface area contributed by atoms with E-state index in [4.69, 9.17) is 4.42 Å². The fourth-order valence-corrected chi connectivity index (χ4v) is 2.21. The predicted octanol–water partition coefficient (Wildman–Crippen LogP) is 3.28. The van der Waals surface area contributed by atoms with E-state index in [1.807, 2.05) is 16.9 Å². The normalized spacial score (nSPS) is 12.8. The molecule has 1 N–H and O–H groups in total. The predicted molar refractivity (Wildman–Crippen MR) is 76.1 cm³/mol. The number of hydrogen-bond acceptors (Lipinski definition) is 3.